The lowest BCUT2D eigenvalue weighted by atomic mass is 10.1. The van der Waals surface area contributed by atoms with Gasteiger partial charge in [-0.1, -0.05) is 0 Å². The maximum absolute atomic E-state index is 5.62. The minimum Gasteiger partial charge on any atom is -0.377 e. The van der Waals surface area contributed by atoms with Crippen LogP contribution in [0.2, 0.25) is 0 Å². The highest BCUT2D eigenvalue weighted by molar-refractivity contribution is 4.82. The molecule has 0 aromatic heterocycles. The van der Waals surface area contributed by atoms with Gasteiger partial charge in [0.15, 0.2) is 0 Å². The zero-order valence-corrected chi connectivity index (χ0v) is 9.80. The summed E-state index contributed by atoms with van der Waals surface area (Å²) >= 11 is 0. The van der Waals surface area contributed by atoms with E-state index >= 15 is 0 Å². The summed E-state index contributed by atoms with van der Waals surface area (Å²) < 4.78 is 11.1. The third kappa shape index (κ3) is 3.56. The van der Waals surface area contributed by atoms with Gasteiger partial charge in [-0.2, -0.15) is 0 Å². The highest BCUT2D eigenvalue weighted by atomic mass is 16.5. The molecule has 1 aliphatic rings. The second-order valence-corrected chi connectivity index (χ2v) is 4.54. The summed E-state index contributed by atoms with van der Waals surface area (Å²) in [6.07, 6.45) is 1.45. The molecule has 84 valence electrons. The van der Waals surface area contributed by atoms with E-state index in [1.54, 1.807) is 0 Å². The minimum absolute atomic E-state index is 0.0724. The van der Waals surface area contributed by atoms with Crippen molar-refractivity contribution in [1.82, 2.24) is 5.32 Å². The van der Waals surface area contributed by atoms with E-state index in [0.717, 1.165) is 26.2 Å². The predicted molar refractivity (Wildman–Crippen MR) is 57.5 cm³/mol. The van der Waals surface area contributed by atoms with Crippen molar-refractivity contribution in [2.75, 3.05) is 19.8 Å². The van der Waals surface area contributed by atoms with Crippen LogP contribution < -0.4 is 5.32 Å². The summed E-state index contributed by atoms with van der Waals surface area (Å²) in [7, 11) is 0. The maximum Gasteiger partial charge on any atom is 0.0750 e. The summed E-state index contributed by atoms with van der Waals surface area (Å²) in [5.41, 5.74) is -0.0724. The Morgan fingerprint density at radius 3 is 2.71 bits per heavy atom. The molecule has 0 aromatic carbocycles. The van der Waals surface area contributed by atoms with E-state index in [0.29, 0.717) is 12.1 Å². The minimum atomic E-state index is -0.0724. The molecule has 0 saturated carbocycles. The monoisotopic (exact) mass is 201 g/mol. The molecule has 1 rings (SSSR count). The predicted octanol–water partition coefficient (Wildman–Crippen LogP) is 1.57. The van der Waals surface area contributed by atoms with Gasteiger partial charge < -0.3 is 14.8 Å². The molecule has 3 nitrogen and oxygen atoms in total. The summed E-state index contributed by atoms with van der Waals surface area (Å²) in [5, 5.41) is 3.51. The Morgan fingerprint density at radius 1 is 1.50 bits per heavy atom. The van der Waals surface area contributed by atoms with Crippen LogP contribution in [0.1, 0.15) is 34.1 Å². The fourth-order valence-corrected chi connectivity index (χ4v) is 1.82. The first kappa shape index (κ1) is 12.0. The van der Waals surface area contributed by atoms with E-state index in [9.17, 15) is 0 Å². The first-order chi connectivity index (χ1) is 6.55. The molecular formula is C11H23NO2. The third-order valence-corrected chi connectivity index (χ3v) is 2.70. The lowest BCUT2D eigenvalue weighted by Gasteiger charge is -2.27. The maximum atomic E-state index is 5.62. The van der Waals surface area contributed by atoms with Crippen molar-refractivity contribution in [2.45, 2.75) is 51.9 Å². The summed E-state index contributed by atoms with van der Waals surface area (Å²) in [5.74, 6) is 0. The normalized spacial score (nSPS) is 28.3. The highest BCUT2D eigenvalue weighted by Gasteiger charge is 2.26. The van der Waals surface area contributed by atoms with Gasteiger partial charge in [0, 0.05) is 25.8 Å². The average Bonchev–Trinajstić information content (AvgIpc) is 2.48. The molecule has 2 unspecified atom stereocenters. The number of nitrogens with one attached hydrogen (secondary N) is 1. The number of rotatable bonds is 5. The Balaban J connectivity index is 2.25. The van der Waals surface area contributed by atoms with Crippen molar-refractivity contribution in [3.05, 3.63) is 0 Å². The van der Waals surface area contributed by atoms with Crippen molar-refractivity contribution in [3.8, 4) is 0 Å². The van der Waals surface area contributed by atoms with Crippen LogP contribution in [0.5, 0.6) is 0 Å². The Hall–Kier alpha value is -0.120. The van der Waals surface area contributed by atoms with Crippen LogP contribution in [0.4, 0.5) is 0 Å². The van der Waals surface area contributed by atoms with Gasteiger partial charge >= 0.3 is 0 Å². The number of hydrogen-bond acceptors (Lipinski definition) is 3. The van der Waals surface area contributed by atoms with E-state index in [2.05, 4.69) is 26.1 Å². The van der Waals surface area contributed by atoms with Crippen molar-refractivity contribution in [3.63, 3.8) is 0 Å². The fraction of sp³-hybridized carbons (Fsp3) is 1.00. The third-order valence-electron chi connectivity index (χ3n) is 2.70. The lowest BCUT2D eigenvalue weighted by Crippen LogP contribution is -2.44. The zero-order chi connectivity index (χ0) is 10.6. The SMILES string of the molecule is CCOC(C)(C)CNC1CCOC1C. The first-order valence-corrected chi connectivity index (χ1v) is 5.54. The molecule has 1 aliphatic heterocycles. The number of hydrogen-bond donors (Lipinski definition) is 1. The van der Waals surface area contributed by atoms with Gasteiger partial charge in [-0.05, 0) is 34.1 Å². The summed E-state index contributed by atoms with van der Waals surface area (Å²) in [6, 6.07) is 0.495. The van der Waals surface area contributed by atoms with Crippen LogP contribution in [-0.4, -0.2) is 37.5 Å². The van der Waals surface area contributed by atoms with Crippen molar-refractivity contribution in [2.24, 2.45) is 0 Å². The second kappa shape index (κ2) is 5.10. The van der Waals surface area contributed by atoms with Crippen LogP contribution in [0.15, 0.2) is 0 Å². The molecule has 2 atom stereocenters. The van der Waals surface area contributed by atoms with Gasteiger partial charge in [0.05, 0.1) is 11.7 Å². The van der Waals surface area contributed by atoms with Crippen LogP contribution in [0.3, 0.4) is 0 Å². The Labute approximate surface area is 87.2 Å². The quantitative estimate of drug-likeness (QED) is 0.732. The van der Waals surface area contributed by atoms with E-state index < -0.39 is 0 Å². The van der Waals surface area contributed by atoms with Gasteiger partial charge in [0.2, 0.25) is 0 Å². The average molecular weight is 201 g/mol. The molecule has 1 fully saturated rings. The molecule has 1 heterocycles. The van der Waals surface area contributed by atoms with Crippen molar-refractivity contribution < 1.29 is 9.47 Å². The smallest absolute Gasteiger partial charge is 0.0750 e. The topological polar surface area (TPSA) is 30.5 Å². The molecule has 1 N–H and O–H groups in total. The zero-order valence-electron chi connectivity index (χ0n) is 9.80. The molecular weight excluding hydrogens is 178 g/mol. The van der Waals surface area contributed by atoms with Crippen LogP contribution in [0, 0.1) is 0 Å². The lowest BCUT2D eigenvalue weighted by molar-refractivity contribution is -0.0121. The van der Waals surface area contributed by atoms with Crippen LogP contribution in [0.25, 0.3) is 0 Å². The molecule has 0 spiro atoms. The fourth-order valence-electron chi connectivity index (χ4n) is 1.82. The summed E-state index contributed by atoms with van der Waals surface area (Å²) in [4.78, 5) is 0. The van der Waals surface area contributed by atoms with E-state index in [1.165, 1.54) is 0 Å². The Kier molecular flexibility index (Phi) is 4.35. The Morgan fingerprint density at radius 2 is 2.21 bits per heavy atom. The molecule has 0 radical (unpaired) electrons. The van der Waals surface area contributed by atoms with E-state index in [-0.39, 0.29) is 5.60 Å². The van der Waals surface area contributed by atoms with Gasteiger partial charge in [-0.25, -0.2) is 0 Å². The largest absolute Gasteiger partial charge is 0.377 e. The molecule has 0 bridgehead atoms. The van der Waals surface area contributed by atoms with Crippen molar-refractivity contribution >= 4 is 0 Å². The summed E-state index contributed by atoms with van der Waals surface area (Å²) in [6.45, 7) is 10.9. The van der Waals surface area contributed by atoms with Gasteiger partial charge in [-0.15, -0.1) is 0 Å². The number of ether oxygens (including phenoxy) is 2. The Bertz CT molecular complexity index is 171. The second-order valence-electron chi connectivity index (χ2n) is 4.54. The van der Waals surface area contributed by atoms with Gasteiger partial charge in [0.25, 0.3) is 0 Å². The van der Waals surface area contributed by atoms with Crippen molar-refractivity contribution in [1.29, 1.82) is 0 Å². The molecule has 0 aromatic rings. The molecule has 3 heteroatoms. The molecule has 14 heavy (non-hydrogen) atoms. The standard InChI is InChI=1S/C11H23NO2/c1-5-14-11(3,4)8-12-10-6-7-13-9(10)2/h9-10,12H,5-8H2,1-4H3. The molecule has 0 aliphatic carbocycles. The van der Waals surface area contributed by atoms with Crippen LogP contribution in [-0.2, 0) is 9.47 Å². The highest BCUT2D eigenvalue weighted by Crippen LogP contribution is 2.14. The molecule has 0 amide bonds. The van der Waals surface area contributed by atoms with E-state index in [1.807, 2.05) is 6.92 Å². The molecule has 1 saturated heterocycles. The van der Waals surface area contributed by atoms with E-state index in [4.69, 9.17) is 9.47 Å². The van der Waals surface area contributed by atoms with Gasteiger partial charge in [-0.3, -0.25) is 0 Å². The first-order valence-electron chi connectivity index (χ1n) is 5.54. The van der Waals surface area contributed by atoms with Crippen LogP contribution >= 0.6 is 0 Å². The van der Waals surface area contributed by atoms with Gasteiger partial charge in [0.1, 0.15) is 0 Å².